The second-order valence-electron chi connectivity index (χ2n) is 4.08. The second-order valence-corrected chi connectivity index (χ2v) is 4.08. The van der Waals surface area contributed by atoms with Crippen molar-refractivity contribution >= 4 is 5.52 Å². The van der Waals surface area contributed by atoms with Gasteiger partial charge in [-0.2, -0.15) is 0 Å². The van der Waals surface area contributed by atoms with E-state index in [1.54, 1.807) is 6.07 Å². The summed E-state index contributed by atoms with van der Waals surface area (Å²) in [5.41, 5.74) is 2.08. The minimum Gasteiger partial charge on any atom is -0.508 e. The van der Waals surface area contributed by atoms with E-state index in [2.05, 4.69) is 30.2 Å². The monoisotopic (exact) mass is 204 g/mol. The van der Waals surface area contributed by atoms with Gasteiger partial charge in [0.1, 0.15) is 11.6 Å². The van der Waals surface area contributed by atoms with Gasteiger partial charge in [0.05, 0.1) is 11.7 Å². The Morgan fingerprint density at radius 2 is 2.13 bits per heavy atom. The van der Waals surface area contributed by atoms with Crippen molar-refractivity contribution in [3.8, 4) is 5.75 Å². The number of hydrogen-bond acceptors (Lipinski definition) is 2. The smallest absolute Gasteiger partial charge is 0.119 e. The molecule has 0 aliphatic rings. The Kier molecular flexibility index (Phi) is 2.39. The normalized spacial score (nSPS) is 11.5. The number of hydrogen-bond donors (Lipinski definition) is 1. The summed E-state index contributed by atoms with van der Waals surface area (Å²) in [5.74, 6) is 1.74. The highest BCUT2D eigenvalue weighted by Gasteiger charge is 2.10. The average molecular weight is 204 g/mol. The molecule has 2 aromatic rings. The fraction of sp³-hybridized carbons (Fsp3) is 0.417. The van der Waals surface area contributed by atoms with Gasteiger partial charge in [-0.05, 0) is 5.92 Å². The predicted molar refractivity (Wildman–Crippen MR) is 60.3 cm³/mol. The molecule has 80 valence electrons. The number of aromatic nitrogens is 2. The van der Waals surface area contributed by atoms with Crippen LogP contribution in [0.1, 0.15) is 38.2 Å². The molecule has 0 fully saturated rings. The number of pyridine rings is 1. The number of aromatic hydroxyl groups is 1. The van der Waals surface area contributed by atoms with Crippen LogP contribution in [0.25, 0.3) is 5.52 Å². The van der Waals surface area contributed by atoms with E-state index in [1.807, 2.05) is 12.3 Å². The molecule has 2 rings (SSSR count). The van der Waals surface area contributed by atoms with Crippen molar-refractivity contribution in [2.45, 2.75) is 33.1 Å². The molecule has 3 nitrogen and oxygen atoms in total. The molecule has 1 N–H and O–H groups in total. The van der Waals surface area contributed by atoms with Crippen molar-refractivity contribution in [1.29, 1.82) is 0 Å². The lowest BCUT2D eigenvalue weighted by molar-refractivity contribution is 0.473. The van der Waals surface area contributed by atoms with Crippen molar-refractivity contribution in [2.75, 3.05) is 0 Å². The van der Waals surface area contributed by atoms with E-state index in [-0.39, 0.29) is 0 Å². The molecule has 0 aliphatic carbocycles. The number of nitrogens with zero attached hydrogens (tertiary/aromatic N) is 2. The lowest BCUT2D eigenvalue weighted by Gasteiger charge is -2.11. The predicted octanol–water partition coefficient (Wildman–Crippen LogP) is 2.73. The number of aryl methyl sites for hydroxylation is 1. The molecule has 15 heavy (non-hydrogen) atoms. The minimum atomic E-state index is 0.314. The topological polar surface area (TPSA) is 37.5 Å². The first-order valence-corrected chi connectivity index (χ1v) is 5.32. The molecule has 0 aliphatic heterocycles. The van der Waals surface area contributed by atoms with E-state index in [0.29, 0.717) is 11.7 Å². The largest absolute Gasteiger partial charge is 0.508 e. The van der Waals surface area contributed by atoms with Gasteiger partial charge >= 0.3 is 0 Å². The standard InChI is InChI=1S/C12H16N2O/c1-4-12-13-7-9-5-10(15)6-11(8(2)3)14(9)12/h5-8,15H,4H2,1-3H3. The molecule has 0 saturated carbocycles. The Morgan fingerprint density at radius 1 is 1.40 bits per heavy atom. The highest BCUT2D eigenvalue weighted by Crippen LogP contribution is 2.24. The van der Waals surface area contributed by atoms with Crippen LogP contribution in [0.3, 0.4) is 0 Å². The van der Waals surface area contributed by atoms with Gasteiger partial charge in [0.15, 0.2) is 0 Å². The zero-order chi connectivity index (χ0) is 11.0. The number of imidazole rings is 1. The zero-order valence-corrected chi connectivity index (χ0v) is 9.36. The summed E-state index contributed by atoms with van der Waals surface area (Å²) in [6.07, 6.45) is 2.71. The average Bonchev–Trinajstić information content (AvgIpc) is 2.58. The molecular formula is C12H16N2O. The Labute approximate surface area is 89.4 Å². The number of fused-ring (bicyclic) bond motifs is 1. The van der Waals surface area contributed by atoms with E-state index in [4.69, 9.17) is 0 Å². The van der Waals surface area contributed by atoms with Crippen LogP contribution in [0.2, 0.25) is 0 Å². The molecule has 0 bridgehead atoms. The van der Waals surface area contributed by atoms with Crippen LogP contribution in [0.4, 0.5) is 0 Å². The van der Waals surface area contributed by atoms with Crippen LogP contribution in [0.5, 0.6) is 5.75 Å². The fourth-order valence-electron chi connectivity index (χ4n) is 1.89. The van der Waals surface area contributed by atoms with Crippen molar-refractivity contribution in [2.24, 2.45) is 0 Å². The molecule has 0 spiro atoms. The van der Waals surface area contributed by atoms with Gasteiger partial charge in [-0.1, -0.05) is 20.8 Å². The van der Waals surface area contributed by atoms with Crippen LogP contribution in [0.15, 0.2) is 18.3 Å². The molecule has 3 heteroatoms. The van der Waals surface area contributed by atoms with Crippen molar-refractivity contribution in [3.63, 3.8) is 0 Å². The highest BCUT2D eigenvalue weighted by molar-refractivity contribution is 5.52. The van der Waals surface area contributed by atoms with Crippen LogP contribution >= 0.6 is 0 Å². The first kappa shape index (κ1) is 10.0. The maximum atomic E-state index is 9.60. The van der Waals surface area contributed by atoms with E-state index in [9.17, 15) is 5.11 Å². The third-order valence-electron chi connectivity index (χ3n) is 2.62. The van der Waals surface area contributed by atoms with Crippen LogP contribution in [-0.2, 0) is 6.42 Å². The van der Waals surface area contributed by atoms with Crippen LogP contribution in [-0.4, -0.2) is 14.5 Å². The van der Waals surface area contributed by atoms with Gasteiger partial charge in [-0.25, -0.2) is 4.98 Å². The summed E-state index contributed by atoms with van der Waals surface area (Å²) in [4.78, 5) is 4.35. The third kappa shape index (κ3) is 1.58. The Hall–Kier alpha value is -1.51. The summed E-state index contributed by atoms with van der Waals surface area (Å²) >= 11 is 0. The zero-order valence-electron chi connectivity index (χ0n) is 9.36. The maximum Gasteiger partial charge on any atom is 0.119 e. The molecule has 0 unspecified atom stereocenters. The van der Waals surface area contributed by atoms with E-state index >= 15 is 0 Å². The van der Waals surface area contributed by atoms with Crippen LogP contribution in [0, 0.1) is 0 Å². The molecule has 0 atom stereocenters. The molecule has 0 amide bonds. The quantitative estimate of drug-likeness (QED) is 0.816. The van der Waals surface area contributed by atoms with E-state index in [0.717, 1.165) is 23.5 Å². The number of rotatable bonds is 2. The first-order chi connectivity index (χ1) is 7.13. The minimum absolute atomic E-state index is 0.314. The van der Waals surface area contributed by atoms with E-state index in [1.165, 1.54) is 0 Å². The third-order valence-corrected chi connectivity index (χ3v) is 2.62. The van der Waals surface area contributed by atoms with Gasteiger partial charge < -0.3 is 9.51 Å². The van der Waals surface area contributed by atoms with Gasteiger partial charge in [0.25, 0.3) is 0 Å². The Bertz CT molecular complexity index is 486. The summed E-state index contributed by atoms with van der Waals surface area (Å²) in [7, 11) is 0. The molecule has 2 heterocycles. The molecule has 0 saturated heterocycles. The molecule has 0 aromatic carbocycles. The molecule has 0 radical (unpaired) electrons. The van der Waals surface area contributed by atoms with Gasteiger partial charge in [0, 0.05) is 24.2 Å². The van der Waals surface area contributed by atoms with Gasteiger partial charge in [-0.15, -0.1) is 0 Å². The van der Waals surface area contributed by atoms with Gasteiger partial charge in [-0.3, -0.25) is 0 Å². The van der Waals surface area contributed by atoms with E-state index < -0.39 is 0 Å². The SMILES string of the molecule is CCc1ncc2cc(O)cc(C(C)C)n12. The van der Waals surface area contributed by atoms with Crippen molar-refractivity contribution in [1.82, 2.24) is 9.38 Å². The summed E-state index contributed by atoms with van der Waals surface area (Å²) in [6, 6.07) is 3.57. The summed E-state index contributed by atoms with van der Waals surface area (Å²) in [6.45, 7) is 6.33. The molecule has 2 aromatic heterocycles. The maximum absolute atomic E-state index is 9.60. The van der Waals surface area contributed by atoms with Crippen molar-refractivity contribution in [3.05, 3.63) is 29.8 Å². The molecular weight excluding hydrogens is 188 g/mol. The lowest BCUT2D eigenvalue weighted by Crippen LogP contribution is -2.02. The first-order valence-electron chi connectivity index (χ1n) is 5.32. The second kappa shape index (κ2) is 3.57. The Morgan fingerprint density at radius 3 is 2.73 bits per heavy atom. The van der Waals surface area contributed by atoms with Crippen LogP contribution < -0.4 is 0 Å². The summed E-state index contributed by atoms with van der Waals surface area (Å²) in [5, 5.41) is 9.60. The lowest BCUT2D eigenvalue weighted by atomic mass is 10.1. The Balaban J connectivity index is 2.79. The van der Waals surface area contributed by atoms with Gasteiger partial charge in [0.2, 0.25) is 0 Å². The fourth-order valence-corrected chi connectivity index (χ4v) is 1.89. The highest BCUT2D eigenvalue weighted by atomic mass is 16.3. The summed E-state index contributed by atoms with van der Waals surface area (Å²) < 4.78 is 2.13. The van der Waals surface area contributed by atoms with Crippen molar-refractivity contribution < 1.29 is 5.11 Å².